The summed E-state index contributed by atoms with van der Waals surface area (Å²) in [7, 11) is 3.24. The predicted octanol–water partition coefficient (Wildman–Crippen LogP) is 3.28. The molecule has 19 heavy (non-hydrogen) atoms. The van der Waals surface area contributed by atoms with Crippen LogP contribution in [0.5, 0.6) is 11.5 Å². The summed E-state index contributed by atoms with van der Waals surface area (Å²) in [6.45, 7) is 4.27. The second-order valence-corrected chi connectivity index (χ2v) is 4.60. The molecule has 1 heterocycles. The van der Waals surface area contributed by atoms with Crippen LogP contribution in [0.25, 0.3) is 11.3 Å². The van der Waals surface area contributed by atoms with Crippen LogP contribution < -0.4 is 9.47 Å². The van der Waals surface area contributed by atoms with E-state index in [2.05, 4.69) is 30.1 Å². The van der Waals surface area contributed by atoms with E-state index in [1.165, 1.54) is 5.56 Å². The predicted molar refractivity (Wildman–Crippen MR) is 74.7 cm³/mol. The third-order valence-electron chi connectivity index (χ3n) is 3.02. The molecule has 0 aliphatic carbocycles. The van der Waals surface area contributed by atoms with Crippen LogP contribution in [-0.4, -0.2) is 24.4 Å². The third-order valence-corrected chi connectivity index (χ3v) is 3.02. The van der Waals surface area contributed by atoms with Crippen LogP contribution >= 0.6 is 0 Å². The Hall–Kier alpha value is -2.10. The summed E-state index contributed by atoms with van der Waals surface area (Å²) in [5.41, 5.74) is 2.97. The number of methoxy groups -OCH3 is 2. The van der Waals surface area contributed by atoms with Crippen LogP contribution in [-0.2, 0) is 0 Å². The van der Waals surface area contributed by atoms with E-state index in [9.17, 15) is 0 Å². The third kappa shape index (κ3) is 2.84. The standard InChI is InChI=1S/C15H18N2O2/c1-10(2)12-7-13(17-16-9-12)11-5-6-14(18-3)15(8-11)19-4/h5-10H,1-4H3. The van der Waals surface area contributed by atoms with Gasteiger partial charge in [-0.05, 0) is 35.7 Å². The highest BCUT2D eigenvalue weighted by molar-refractivity contribution is 5.64. The molecular formula is C15H18N2O2. The number of nitrogens with zero attached hydrogens (tertiary/aromatic N) is 2. The lowest BCUT2D eigenvalue weighted by molar-refractivity contribution is 0.355. The van der Waals surface area contributed by atoms with Crippen molar-refractivity contribution in [3.8, 4) is 22.8 Å². The molecule has 0 radical (unpaired) electrons. The molecule has 0 bridgehead atoms. The Morgan fingerprint density at radius 1 is 1.00 bits per heavy atom. The van der Waals surface area contributed by atoms with Crippen molar-refractivity contribution in [1.29, 1.82) is 0 Å². The van der Waals surface area contributed by atoms with Crippen LogP contribution in [0.15, 0.2) is 30.5 Å². The minimum atomic E-state index is 0.425. The minimum absolute atomic E-state index is 0.425. The smallest absolute Gasteiger partial charge is 0.161 e. The largest absolute Gasteiger partial charge is 0.493 e. The molecular weight excluding hydrogens is 240 g/mol. The van der Waals surface area contributed by atoms with Gasteiger partial charge in [-0.2, -0.15) is 10.2 Å². The molecule has 0 unspecified atom stereocenters. The number of ether oxygens (including phenoxy) is 2. The van der Waals surface area contributed by atoms with Gasteiger partial charge in [-0.15, -0.1) is 0 Å². The van der Waals surface area contributed by atoms with Gasteiger partial charge in [0.25, 0.3) is 0 Å². The van der Waals surface area contributed by atoms with Crippen LogP contribution in [0.2, 0.25) is 0 Å². The Morgan fingerprint density at radius 2 is 1.74 bits per heavy atom. The van der Waals surface area contributed by atoms with Crippen molar-refractivity contribution >= 4 is 0 Å². The molecule has 0 saturated carbocycles. The van der Waals surface area contributed by atoms with Gasteiger partial charge in [-0.25, -0.2) is 0 Å². The molecule has 2 rings (SSSR count). The second kappa shape index (κ2) is 5.69. The number of rotatable bonds is 4. The van der Waals surface area contributed by atoms with Gasteiger partial charge in [0, 0.05) is 5.56 Å². The Balaban J connectivity index is 2.44. The Kier molecular flexibility index (Phi) is 4.00. The molecule has 2 aromatic rings. The lowest BCUT2D eigenvalue weighted by Gasteiger charge is -2.10. The number of aromatic nitrogens is 2. The number of hydrogen-bond donors (Lipinski definition) is 0. The fourth-order valence-corrected chi connectivity index (χ4v) is 1.83. The lowest BCUT2D eigenvalue weighted by atomic mass is 10.0. The quantitative estimate of drug-likeness (QED) is 0.844. The van der Waals surface area contributed by atoms with E-state index in [4.69, 9.17) is 9.47 Å². The zero-order valence-corrected chi connectivity index (χ0v) is 11.7. The maximum absolute atomic E-state index is 5.30. The highest BCUT2D eigenvalue weighted by Crippen LogP contribution is 2.31. The summed E-state index contributed by atoms with van der Waals surface area (Å²) >= 11 is 0. The summed E-state index contributed by atoms with van der Waals surface area (Å²) < 4.78 is 10.5. The van der Waals surface area contributed by atoms with Gasteiger partial charge in [-0.1, -0.05) is 13.8 Å². The molecule has 0 saturated heterocycles. The molecule has 4 nitrogen and oxygen atoms in total. The van der Waals surface area contributed by atoms with Crippen LogP contribution in [0, 0.1) is 0 Å². The first-order chi connectivity index (χ1) is 9.15. The maximum Gasteiger partial charge on any atom is 0.161 e. The Labute approximate surface area is 113 Å². The normalized spacial score (nSPS) is 10.6. The zero-order chi connectivity index (χ0) is 13.8. The van der Waals surface area contributed by atoms with Crippen molar-refractivity contribution in [2.75, 3.05) is 14.2 Å². The molecule has 0 amide bonds. The van der Waals surface area contributed by atoms with E-state index in [-0.39, 0.29) is 0 Å². The van der Waals surface area contributed by atoms with E-state index in [1.54, 1.807) is 20.4 Å². The van der Waals surface area contributed by atoms with Crippen molar-refractivity contribution in [2.24, 2.45) is 0 Å². The molecule has 0 N–H and O–H groups in total. The molecule has 0 fully saturated rings. The second-order valence-electron chi connectivity index (χ2n) is 4.60. The fraction of sp³-hybridized carbons (Fsp3) is 0.333. The van der Waals surface area contributed by atoms with E-state index < -0.39 is 0 Å². The van der Waals surface area contributed by atoms with E-state index >= 15 is 0 Å². The van der Waals surface area contributed by atoms with E-state index in [0.717, 1.165) is 11.3 Å². The molecule has 0 atom stereocenters. The van der Waals surface area contributed by atoms with Gasteiger partial charge in [0.05, 0.1) is 26.1 Å². The molecule has 0 spiro atoms. The first kappa shape index (κ1) is 13.3. The SMILES string of the molecule is COc1ccc(-c2cc(C(C)C)cnn2)cc1OC. The number of benzene rings is 1. The summed E-state index contributed by atoms with van der Waals surface area (Å²) in [5, 5.41) is 8.23. The Morgan fingerprint density at radius 3 is 2.37 bits per heavy atom. The van der Waals surface area contributed by atoms with Crippen molar-refractivity contribution in [3.63, 3.8) is 0 Å². The van der Waals surface area contributed by atoms with Crippen molar-refractivity contribution in [3.05, 3.63) is 36.0 Å². The summed E-state index contributed by atoms with van der Waals surface area (Å²) in [4.78, 5) is 0. The van der Waals surface area contributed by atoms with Crippen LogP contribution in [0.3, 0.4) is 0 Å². The lowest BCUT2D eigenvalue weighted by Crippen LogP contribution is -1.95. The average molecular weight is 258 g/mol. The van der Waals surface area contributed by atoms with Gasteiger partial charge in [-0.3, -0.25) is 0 Å². The van der Waals surface area contributed by atoms with Crippen molar-refractivity contribution < 1.29 is 9.47 Å². The molecule has 0 aliphatic rings. The van der Waals surface area contributed by atoms with Crippen LogP contribution in [0.4, 0.5) is 0 Å². The van der Waals surface area contributed by atoms with Gasteiger partial charge in [0.2, 0.25) is 0 Å². The van der Waals surface area contributed by atoms with Crippen molar-refractivity contribution in [2.45, 2.75) is 19.8 Å². The summed E-state index contributed by atoms with van der Waals surface area (Å²) in [6.07, 6.45) is 1.80. The highest BCUT2D eigenvalue weighted by Gasteiger charge is 2.09. The molecule has 1 aromatic carbocycles. The van der Waals surface area contributed by atoms with Gasteiger partial charge in [0.15, 0.2) is 11.5 Å². The average Bonchev–Trinajstić information content (AvgIpc) is 2.46. The van der Waals surface area contributed by atoms with Crippen LogP contribution in [0.1, 0.15) is 25.3 Å². The molecule has 1 aromatic heterocycles. The Bertz CT molecular complexity index is 568. The van der Waals surface area contributed by atoms with Gasteiger partial charge < -0.3 is 9.47 Å². The van der Waals surface area contributed by atoms with Crippen molar-refractivity contribution in [1.82, 2.24) is 10.2 Å². The summed E-state index contributed by atoms with van der Waals surface area (Å²) in [5.74, 6) is 1.82. The molecule has 4 heteroatoms. The monoisotopic (exact) mass is 258 g/mol. The first-order valence-electron chi connectivity index (χ1n) is 6.20. The number of hydrogen-bond acceptors (Lipinski definition) is 4. The minimum Gasteiger partial charge on any atom is -0.493 e. The molecule has 0 aliphatic heterocycles. The topological polar surface area (TPSA) is 44.2 Å². The van der Waals surface area contributed by atoms with E-state index in [0.29, 0.717) is 17.4 Å². The highest BCUT2D eigenvalue weighted by atomic mass is 16.5. The van der Waals surface area contributed by atoms with E-state index in [1.807, 2.05) is 18.2 Å². The van der Waals surface area contributed by atoms with Gasteiger partial charge >= 0.3 is 0 Å². The van der Waals surface area contributed by atoms with Gasteiger partial charge in [0.1, 0.15) is 0 Å². The molecule has 100 valence electrons. The maximum atomic E-state index is 5.30. The zero-order valence-electron chi connectivity index (χ0n) is 11.7. The first-order valence-corrected chi connectivity index (χ1v) is 6.20. The summed E-state index contributed by atoms with van der Waals surface area (Å²) in [6, 6.07) is 7.79. The fourth-order valence-electron chi connectivity index (χ4n) is 1.83.